The molecule has 0 radical (unpaired) electrons. The highest BCUT2D eigenvalue weighted by Gasteiger charge is 2.18. The van der Waals surface area contributed by atoms with E-state index >= 15 is 0 Å². The Morgan fingerprint density at radius 1 is 1.42 bits per heavy atom. The van der Waals surface area contributed by atoms with Crippen molar-refractivity contribution in [3.63, 3.8) is 0 Å². The maximum absolute atomic E-state index is 12.0. The van der Waals surface area contributed by atoms with Gasteiger partial charge in [-0.3, -0.25) is 0 Å². The molecular weight excluding hydrogens is 266 g/mol. The van der Waals surface area contributed by atoms with Crippen molar-refractivity contribution in [2.45, 2.75) is 31.1 Å². The zero-order chi connectivity index (χ0) is 14.5. The van der Waals surface area contributed by atoms with Crippen LogP contribution in [0.15, 0.2) is 23.1 Å². The number of benzene rings is 1. The van der Waals surface area contributed by atoms with Gasteiger partial charge in [0.25, 0.3) is 0 Å². The Morgan fingerprint density at radius 3 is 2.63 bits per heavy atom. The Kier molecular flexibility index (Phi) is 5.07. The normalized spacial score (nSPS) is 10.9. The molecule has 0 fully saturated rings. The summed E-state index contributed by atoms with van der Waals surface area (Å²) in [6.07, 6.45) is 0.936. The van der Waals surface area contributed by atoms with Crippen molar-refractivity contribution in [1.82, 2.24) is 0 Å². The number of aromatic carboxylic acids is 1. The maximum atomic E-state index is 12.0. The Hall–Kier alpha value is -1.87. The number of carboxylic acid groups (broad SMARTS) is 1. The molecule has 1 N–H and O–H groups in total. The van der Waals surface area contributed by atoms with Crippen LogP contribution in [0.1, 0.15) is 35.7 Å². The van der Waals surface area contributed by atoms with Gasteiger partial charge in [-0.25, -0.2) is 13.2 Å². The summed E-state index contributed by atoms with van der Waals surface area (Å²) in [5.74, 6) is -1.28. The van der Waals surface area contributed by atoms with Gasteiger partial charge in [0, 0.05) is 6.42 Å². The van der Waals surface area contributed by atoms with Crippen LogP contribution in [0.2, 0.25) is 0 Å². The molecule has 102 valence electrons. The number of nitriles is 1. The topological polar surface area (TPSA) is 95.2 Å². The van der Waals surface area contributed by atoms with E-state index in [0.717, 1.165) is 0 Å². The molecule has 0 spiro atoms. The minimum Gasteiger partial charge on any atom is -0.478 e. The molecular formula is C13H15NO4S. The van der Waals surface area contributed by atoms with Crippen LogP contribution in [0.25, 0.3) is 0 Å². The molecule has 5 nitrogen and oxygen atoms in total. The van der Waals surface area contributed by atoms with Crippen molar-refractivity contribution in [3.8, 4) is 6.07 Å². The third kappa shape index (κ3) is 3.80. The van der Waals surface area contributed by atoms with Gasteiger partial charge < -0.3 is 5.11 Å². The molecule has 1 aromatic carbocycles. The third-order valence-corrected chi connectivity index (χ3v) is 4.55. The summed E-state index contributed by atoms with van der Waals surface area (Å²) >= 11 is 0. The lowest BCUT2D eigenvalue weighted by Crippen LogP contribution is -2.10. The van der Waals surface area contributed by atoms with Crippen LogP contribution in [0.3, 0.4) is 0 Å². The Balaban J connectivity index is 3.12. The van der Waals surface area contributed by atoms with E-state index in [-0.39, 0.29) is 29.1 Å². The number of sulfone groups is 1. The number of carbonyl (C=O) groups is 1. The largest absolute Gasteiger partial charge is 0.478 e. The van der Waals surface area contributed by atoms with Gasteiger partial charge in [-0.15, -0.1) is 0 Å². The lowest BCUT2D eigenvalue weighted by Gasteiger charge is -2.08. The van der Waals surface area contributed by atoms with Crippen molar-refractivity contribution in [1.29, 1.82) is 5.26 Å². The molecule has 1 aromatic rings. The first kappa shape index (κ1) is 15.2. The molecule has 0 atom stereocenters. The Labute approximate surface area is 112 Å². The predicted molar refractivity (Wildman–Crippen MR) is 69.7 cm³/mol. The highest BCUT2D eigenvalue weighted by molar-refractivity contribution is 7.91. The summed E-state index contributed by atoms with van der Waals surface area (Å²) in [4.78, 5) is 11.1. The number of unbranched alkanes of at least 4 members (excludes halogenated alkanes) is 1. The average Bonchev–Trinajstić information content (AvgIpc) is 2.38. The maximum Gasteiger partial charge on any atom is 0.336 e. The highest BCUT2D eigenvalue weighted by Crippen LogP contribution is 2.19. The van der Waals surface area contributed by atoms with Gasteiger partial charge >= 0.3 is 5.97 Å². The van der Waals surface area contributed by atoms with Gasteiger partial charge in [0.05, 0.1) is 22.3 Å². The van der Waals surface area contributed by atoms with E-state index in [1.54, 1.807) is 0 Å². The lowest BCUT2D eigenvalue weighted by molar-refractivity contribution is 0.0695. The number of hydrogen-bond donors (Lipinski definition) is 1. The fourth-order valence-electron chi connectivity index (χ4n) is 1.72. The van der Waals surface area contributed by atoms with Gasteiger partial charge in [0.2, 0.25) is 0 Å². The first-order valence-electron chi connectivity index (χ1n) is 5.88. The van der Waals surface area contributed by atoms with Crippen LogP contribution >= 0.6 is 0 Å². The van der Waals surface area contributed by atoms with Gasteiger partial charge in [-0.1, -0.05) is 13.0 Å². The molecule has 0 saturated heterocycles. The molecule has 0 aliphatic heterocycles. The number of hydrogen-bond acceptors (Lipinski definition) is 4. The van der Waals surface area contributed by atoms with Crippen LogP contribution in [-0.4, -0.2) is 25.2 Å². The zero-order valence-corrected chi connectivity index (χ0v) is 11.4. The van der Waals surface area contributed by atoms with Gasteiger partial charge in [-0.05, 0) is 30.5 Å². The van der Waals surface area contributed by atoms with E-state index in [9.17, 15) is 13.2 Å². The molecule has 6 heteroatoms. The molecule has 0 bridgehead atoms. The molecule has 0 aliphatic rings. The zero-order valence-electron chi connectivity index (χ0n) is 10.6. The minimum atomic E-state index is -3.53. The van der Waals surface area contributed by atoms with Crippen LogP contribution < -0.4 is 0 Å². The summed E-state index contributed by atoms with van der Waals surface area (Å²) in [6, 6.07) is 6.03. The van der Waals surface area contributed by atoms with Gasteiger partial charge in [0.1, 0.15) is 0 Å². The number of nitrogens with zero attached hydrogens (tertiary/aromatic N) is 1. The molecule has 0 heterocycles. The van der Waals surface area contributed by atoms with E-state index in [4.69, 9.17) is 10.4 Å². The molecule has 19 heavy (non-hydrogen) atoms. The second-order valence-electron chi connectivity index (χ2n) is 4.06. The summed E-state index contributed by atoms with van der Waals surface area (Å²) in [5.41, 5.74) is 0.618. The van der Waals surface area contributed by atoms with E-state index < -0.39 is 15.8 Å². The monoisotopic (exact) mass is 281 g/mol. The van der Waals surface area contributed by atoms with Crippen molar-refractivity contribution >= 4 is 15.8 Å². The van der Waals surface area contributed by atoms with E-state index in [2.05, 4.69) is 0 Å². The highest BCUT2D eigenvalue weighted by atomic mass is 32.2. The molecule has 0 unspecified atom stereocenters. The lowest BCUT2D eigenvalue weighted by atomic mass is 10.1. The second-order valence-corrected chi connectivity index (χ2v) is 6.17. The third-order valence-electron chi connectivity index (χ3n) is 2.75. The van der Waals surface area contributed by atoms with Crippen LogP contribution in [0, 0.1) is 11.3 Å². The second kappa shape index (κ2) is 6.34. The smallest absolute Gasteiger partial charge is 0.336 e. The predicted octanol–water partition coefficient (Wildman–Crippen LogP) is 2.02. The standard InChI is InChI=1S/C13H15NO4S/c1-2-10-5-6-11(9-12(10)13(15)16)19(17,18)8-4-3-7-14/h5-6,9H,2-4,8H2,1H3,(H,15,16). The fourth-order valence-corrected chi connectivity index (χ4v) is 3.05. The van der Waals surface area contributed by atoms with Crippen molar-refractivity contribution in [2.75, 3.05) is 5.75 Å². The SMILES string of the molecule is CCc1ccc(S(=O)(=O)CCCC#N)cc1C(=O)O. The molecule has 1 rings (SSSR count). The molecule has 0 amide bonds. The van der Waals surface area contributed by atoms with Crippen molar-refractivity contribution in [3.05, 3.63) is 29.3 Å². The minimum absolute atomic E-state index is 0.0000368. The summed E-state index contributed by atoms with van der Waals surface area (Å²) in [7, 11) is -3.53. The van der Waals surface area contributed by atoms with Crippen LogP contribution in [0.4, 0.5) is 0 Å². The van der Waals surface area contributed by atoms with Crippen LogP contribution in [-0.2, 0) is 16.3 Å². The number of aryl methyl sites for hydroxylation is 1. The average molecular weight is 281 g/mol. The quantitative estimate of drug-likeness (QED) is 0.805. The fraction of sp³-hybridized carbons (Fsp3) is 0.385. The summed E-state index contributed by atoms with van der Waals surface area (Å²) < 4.78 is 24.0. The van der Waals surface area contributed by atoms with Gasteiger partial charge in [-0.2, -0.15) is 5.26 Å². The van der Waals surface area contributed by atoms with E-state index in [1.807, 2.05) is 13.0 Å². The van der Waals surface area contributed by atoms with Crippen LogP contribution in [0.5, 0.6) is 0 Å². The van der Waals surface area contributed by atoms with Crippen molar-refractivity contribution in [2.24, 2.45) is 0 Å². The van der Waals surface area contributed by atoms with Crippen molar-refractivity contribution < 1.29 is 18.3 Å². The molecule has 0 aliphatic carbocycles. The first-order chi connectivity index (χ1) is 8.92. The number of rotatable bonds is 6. The molecule has 0 aromatic heterocycles. The molecule has 0 saturated carbocycles. The summed E-state index contributed by atoms with van der Waals surface area (Å²) in [6.45, 7) is 1.81. The van der Waals surface area contributed by atoms with E-state index in [0.29, 0.717) is 12.0 Å². The van der Waals surface area contributed by atoms with E-state index in [1.165, 1.54) is 18.2 Å². The Bertz CT molecular complexity index is 614. The Morgan fingerprint density at radius 2 is 2.11 bits per heavy atom. The first-order valence-corrected chi connectivity index (χ1v) is 7.53. The van der Waals surface area contributed by atoms with Gasteiger partial charge in [0.15, 0.2) is 9.84 Å². The number of carboxylic acids is 1. The summed E-state index contributed by atoms with van der Waals surface area (Å²) in [5, 5.41) is 17.5.